The fourth-order valence-corrected chi connectivity index (χ4v) is 2.74. The highest BCUT2D eigenvalue weighted by Gasteiger charge is 2.27. The second kappa shape index (κ2) is 7.25. The molecule has 1 heterocycles. The van der Waals surface area contributed by atoms with E-state index in [-0.39, 0.29) is 11.7 Å². The van der Waals surface area contributed by atoms with E-state index in [1.807, 2.05) is 0 Å². The second-order valence-electron chi connectivity index (χ2n) is 4.00. The Labute approximate surface area is 95.6 Å². The molecule has 4 heteroatoms. The van der Waals surface area contributed by atoms with Crippen LogP contribution in [0.3, 0.4) is 0 Å². The van der Waals surface area contributed by atoms with E-state index in [2.05, 4.69) is 6.92 Å². The molecular formula is C11H20O3S. The predicted octanol–water partition coefficient (Wildman–Crippen LogP) is 1.49. The monoisotopic (exact) mass is 232 g/mol. The van der Waals surface area contributed by atoms with Gasteiger partial charge in [-0.15, -0.1) is 0 Å². The van der Waals surface area contributed by atoms with Crippen molar-refractivity contribution in [1.29, 1.82) is 0 Å². The third-order valence-electron chi connectivity index (χ3n) is 2.53. The molecule has 1 saturated heterocycles. The van der Waals surface area contributed by atoms with Crippen LogP contribution in [0.15, 0.2) is 0 Å². The first-order chi connectivity index (χ1) is 7.24. The molecule has 88 valence electrons. The van der Waals surface area contributed by atoms with E-state index >= 15 is 0 Å². The number of hydrogen-bond donors (Lipinski definition) is 1. The van der Waals surface area contributed by atoms with Crippen LogP contribution in [0.4, 0.5) is 0 Å². The molecule has 0 spiro atoms. The molecule has 0 aromatic rings. The predicted molar refractivity (Wildman–Crippen MR) is 62.2 cm³/mol. The Morgan fingerprint density at radius 1 is 1.67 bits per heavy atom. The number of hydrogen-bond acceptors (Lipinski definition) is 4. The standard InChI is InChI=1S/C11H20O3S/c1-2-3-4-14-6-10(12)5-9-7-15-8-11(9)13/h9-10,12H,2-8H2,1H3. The number of ether oxygens (including phenoxy) is 1. The van der Waals surface area contributed by atoms with Crippen molar-refractivity contribution in [3.8, 4) is 0 Å². The van der Waals surface area contributed by atoms with Gasteiger partial charge in [0.05, 0.1) is 18.5 Å². The minimum Gasteiger partial charge on any atom is -0.391 e. The van der Waals surface area contributed by atoms with Gasteiger partial charge in [0.25, 0.3) is 0 Å². The number of carbonyl (C=O) groups excluding carboxylic acids is 1. The first-order valence-electron chi connectivity index (χ1n) is 5.60. The fraction of sp³-hybridized carbons (Fsp3) is 0.909. The van der Waals surface area contributed by atoms with Gasteiger partial charge in [-0.05, 0) is 12.8 Å². The van der Waals surface area contributed by atoms with Crippen molar-refractivity contribution >= 4 is 17.5 Å². The summed E-state index contributed by atoms with van der Waals surface area (Å²) in [6.07, 6.45) is 2.23. The zero-order valence-electron chi connectivity index (χ0n) is 9.28. The molecule has 0 amide bonds. The number of Topliss-reactive ketones (excluding diaryl/α,β-unsaturated/α-hetero) is 1. The molecule has 2 atom stereocenters. The van der Waals surface area contributed by atoms with Gasteiger partial charge < -0.3 is 9.84 Å². The molecule has 3 nitrogen and oxygen atoms in total. The summed E-state index contributed by atoms with van der Waals surface area (Å²) in [5.41, 5.74) is 0. The molecule has 0 aromatic carbocycles. The first-order valence-corrected chi connectivity index (χ1v) is 6.75. The van der Waals surface area contributed by atoms with Crippen LogP contribution < -0.4 is 0 Å². The maximum Gasteiger partial charge on any atom is 0.146 e. The maximum absolute atomic E-state index is 11.3. The summed E-state index contributed by atoms with van der Waals surface area (Å²) in [5, 5.41) is 9.64. The molecule has 1 aliphatic rings. The summed E-state index contributed by atoms with van der Waals surface area (Å²) in [6.45, 7) is 3.18. The van der Waals surface area contributed by atoms with Crippen LogP contribution in [-0.4, -0.2) is 41.7 Å². The van der Waals surface area contributed by atoms with Crippen LogP contribution >= 0.6 is 11.8 Å². The van der Waals surface area contributed by atoms with Crippen LogP contribution in [0.25, 0.3) is 0 Å². The zero-order chi connectivity index (χ0) is 11.1. The molecule has 1 N–H and O–H groups in total. The van der Waals surface area contributed by atoms with Crippen LogP contribution in [0.2, 0.25) is 0 Å². The summed E-state index contributed by atoms with van der Waals surface area (Å²) in [6, 6.07) is 0. The first kappa shape index (κ1) is 13.0. The molecule has 0 saturated carbocycles. The van der Waals surface area contributed by atoms with Crippen LogP contribution in [0.5, 0.6) is 0 Å². The van der Waals surface area contributed by atoms with Crippen molar-refractivity contribution < 1.29 is 14.6 Å². The molecular weight excluding hydrogens is 212 g/mol. The second-order valence-corrected chi connectivity index (χ2v) is 5.03. The summed E-state index contributed by atoms with van der Waals surface area (Å²) < 4.78 is 5.31. The molecule has 0 bridgehead atoms. The van der Waals surface area contributed by atoms with Gasteiger partial charge in [0.1, 0.15) is 5.78 Å². The molecule has 0 aliphatic carbocycles. The van der Waals surface area contributed by atoms with Gasteiger partial charge >= 0.3 is 0 Å². The molecule has 1 aliphatic heterocycles. The largest absolute Gasteiger partial charge is 0.391 e. The van der Waals surface area contributed by atoms with Gasteiger partial charge in [0, 0.05) is 18.3 Å². The third kappa shape index (κ3) is 5.00. The van der Waals surface area contributed by atoms with Crippen LogP contribution in [0.1, 0.15) is 26.2 Å². The average Bonchev–Trinajstić information content (AvgIpc) is 2.59. The van der Waals surface area contributed by atoms with E-state index in [9.17, 15) is 9.90 Å². The van der Waals surface area contributed by atoms with Crippen molar-refractivity contribution in [2.24, 2.45) is 5.92 Å². The molecule has 1 fully saturated rings. The Kier molecular flexibility index (Phi) is 6.29. The Bertz CT molecular complexity index is 196. The normalized spacial score (nSPS) is 23.3. The van der Waals surface area contributed by atoms with Gasteiger partial charge in [-0.2, -0.15) is 11.8 Å². The zero-order valence-corrected chi connectivity index (χ0v) is 10.1. The number of rotatable bonds is 7. The number of thioether (sulfide) groups is 1. The highest BCUT2D eigenvalue weighted by atomic mass is 32.2. The Hall–Kier alpha value is -0.0600. The van der Waals surface area contributed by atoms with E-state index in [1.54, 1.807) is 11.8 Å². The minimum atomic E-state index is -0.477. The third-order valence-corrected chi connectivity index (χ3v) is 3.65. The molecule has 1 rings (SSSR count). The number of carbonyl (C=O) groups is 1. The van der Waals surface area contributed by atoms with Crippen molar-refractivity contribution in [2.45, 2.75) is 32.3 Å². The molecule has 0 aromatic heterocycles. The Morgan fingerprint density at radius 2 is 2.47 bits per heavy atom. The summed E-state index contributed by atoms with van der Waals surface area (Å²) in [5.74, 6) is 1.83. The Morgan fingerprint density at radius 3 is 3.07 bits per heavy atom. The van der Waals surface area contributed by atoms with Gasteiger partial charge in [0.15, 0.2) is 0 Å². The van der Waals surface area contributed by atoms with Gasteiger partial charge in [0.2, 0.25) is 0 Å². The minimum absolute atomic E-state index is 0.0553. The highest BCUT2D eigenvalue weighted by molar-refractivity contribution is 8.00. The lowest BCUT2D eigenvalue weighted by molar-refractivity contribution is -0.120. The molecule has 15 heavy (non-hydrogen) atoms. The number of ketones is 1. The average molecular weight is 232 g/mol. The summed E-state index contributed by atoms with van der Waals surface area (Å²) in [4.78, 5) is 11.3. The lowest BCUT2D eigenvalue weighted by atomic mass is 10.0. The van der Waals surface area contributed by atoms with Crippen molar-refractivity contribution in [2.75, 3.05) is 24.7 Å². The fourth-order valence-electron chi connectivity index (χ4n) is 1.57. The van der Waals surface area contributed by atoms with Gasteiger partial charge in [-0.25, -0.2) is 0 Å². The van der Waals surface area contributed by atoms with Gasteiger partial charge in [-0.3, -0.25) is 4.79 Å². The van der Waals surface area contributed by atoms with E-state index < -0.39 is 6.10 Å². The topological polar surface area (TPSA) is 46.5 Å². The quantitative estimate of drug-likeness (QED) is 0.676. The number of unbranched alkanes of at least 4 members (excludes halogenated alkanes) is 1. The maximum atomic E-state index is 11.3. The van der Waals surface area contributed by atoms with E-state index in [4.69, 9.17) is 4.74 Å². The summed E-state index contributed by atoms with van der Waals surface area (Å²) >= 11 is 1.66. The number of aliphatic hydroxyl groups is 1. The van der Waals surface area contributed by atoms with Crippen molar-refractivity contribution in [1.82, 2.24) is 0 Å². The lowest BCUT2D eigenvalue weighted by Crippen LogP contribution is -2.23. The number of aliphatic hydroxyl groups excluding tert-OH is 1. The SMILES string of the molecule is CCCCOCC(O)CC1CSCC1=O. The van der Waals surface area contributed by atoms with E-state index in [0.717, 1.165) is 18.6 Å². The smallest absolute Gasteiger partial charge is 0.146 e. The summed E-state index contributed by atoms with van der Waals surface area (Å²) in [7, 11) is 0. The Balaban J connectivity index is 2.07. The van der Waals surface area contributed by atoms with Gasteiger partial charge in [-0.1, -0.05) is 13.3 Å². The van der Waals surface area contributed by atoms with Crippen molar-refractivity contribution in [3.63, 3.8) is 0 Å². The van der Waals surface area contributed by atoms with Crippen molar-refractivity contribution in [3.05, 3.63) is 0 Å². The lowest BCUT2D eigenvalue weighted by Gasteiger charge is -2.14. The molecule has 2 unspecified atom stereocenters. The molecule has 0 radical (unpaired) electrons. The van der Waals surface area contributed by atoms with E-state index in [1.165, 1.54) is 0 Å². The van der Waals surface area contributed by atoms with Crippen LogP contribution in [0, 0.1) is 5.92 Å². The highest BCUT2D eigenvalue weighted by Crippen LogP contribution is 2.24. The van der Waals surface area contributed by atoms with Crippen LogP contribution in [-0.2, 0) is 9.53 Å². The van der Waals surface area contributed by atoms with E-state index in [0.29, 0.717) is 25.4 Å².